The molecule has 0 amide bonds. The van der Waals surface area contributed by atoms with Crippen LogP contribution in [0.5, 0.6) is 28.7 Å². The van der Waals surface area contributed by atoms with Crippen LogP contribution in [0, 0.1) is 0 Å². The molecule has 0 saturated heterocycles. The third-order valence-corrected chi connectivity index (χ3v) is 3.91. The maximum absolute atomic E-state index is 9.50. The summed E-state index contributed by atoms with van der Waals surface area (Å²) < 4.78 is 23.5. The summed E-state index contributed by atoms with van der Waals surface area (Å²) in [5.41, 5.74) is 2.05. The second kappa shape index (κ2) is 7.22. The van der Waals surface area contributed by atoms with Crippen molar-refractivity contribution >= 4 is 0 Å². The van der Waals surface area contributed by atoms with E-state index in [9.17, 15) is 5.11 Å². The summed E-state index contributed by atoms with van der Waals surface area (Å²) in [4.78, 5) is 0. The van der Waals surface area contributed by atoms with E-state index in [-0.39, 0.29) is 5.75 Å². The molecule has 0 aliphatic carbocycles. The van der Waals surface area contributed by atoms with Gasteiger partial charge in [-0.05, 0) is 30.3 Å². The molecule has 0 spiro atoms. The first-order valence-electron chi connectivity index (χ1n) is 7.72. The number of ether oxygens (including phenoxy) is 4. The third-order valence-electron chi connectivity index (χ3n) is 3.91. The Bertz CT molecular complexity index is 906. The van der Waals surface area contributed by atoms with Gasteiger partial charge in [-0.3, -0.25) is 0 Å². The number of rotatable bonds is 6. The number of hydrogen-bond donors (Lipinski definition) is 1. The van der Waals surface area contributed by atoms with Gasteiger partial charge in [-0.15, -0.1) is 5.10 Å². The molecule has 1 N–H and O–H groups in total. The van der Waals surface area contributed by atoms with E-state index in [2.05, 4.69) is 10.3 Å². The number of phenols is 1. The molecule has 0 aliphatic rings. The molecule has 8 heteroatoms. The molecule has 8 nitrogen and oxygen atoms in total. The topological polar surface area (TPSA) is 87.9 Å². The molecule has 0 unspecified atom stereocenters. The average Bonchev–Trinajstić information content (AvgIpc) is 3.16. The number of phenolic OH excluding ortho intramolecular Hbond substituents is 1. The van der Waals surface area contributed by atoms with Gasteiger partial charge in [0, 0.05) is 0 Å². The van der Waals surface area contributed by atoms with E-state index in [4.69, 9.17) is 18.9 Å². The second-order valence-corrected chi connectivity index (χ2v) is 5.27. The first-order chi connectivity index (χ1) is 12.6. The predicted molar refractivity (Wildman–Crippen MR) is 94.7 cm³/mol. The molecule has 0 bridgehead atoms. The number of benzene rings is 2. The zero-order chi connectivity index (χ0) is 18.7. The molecule has 0 aliphatic heterocycles. The van der Waals surface area contributed by atoms with Crippen molar-refractivity contribution in [3.8, 4) is 45.7 Å². The van der Waals surface area contributed by atoms with Crippen LogP contribution in [0.2, 0.25) is 0 Å². The molecule has 1 heterocycles. The van der Waals surface area contributed by atoms with Gasteiger partial charge in [0.2, 0.25) is 11.5 Å². The van der Waals surface area contributed by atoms with Crippen molar-refractivity contribution < 1.29 is 24.1 Å². The number of aromatic nitrogens is 3. The zero-order valence-corrected chi connectivity index (χ0v) is 14.9. The highest BCUT2D eigenvalue weighted by molar-refractivity contribution is 5.78. The van der Waals surface area contributed by atoms with E-state index >= 15 is 0 Å². The minimum atomic E-state index is 0.167. The van der Waals surface area contributed by atoms with E-state index < -0.39 is 0 Å². The fourth-order valence-corrected chi connectivity index (χ4v) is 2.73. The molecule has 3 aromatic rings. The summed E-state index contributed by atoms with van der Waals surface area (Å²) in [7, 11) is 6.14. The van der Waals surface area contributed by atoms with Crippen molar-refractivity contribution in [2.24, 2.45) is 0 Å². The third kappa shape index (κ3) is 2.85. The molecule has 3 rings (SSSR count). The van der Waals surface area contributed by atoms with Crippen LogP contribution in [0.15, 0.2) is 36.5 Å². The number of hydrogen-bond acceptors (Lipinski definition) is 7. The second-order valence-electron chi connectivity index (χ2n) is 5.27. The Kier molecular flexibility index (Phi) is 4.83. The lowest BCUT2D eigenvalue weighted by molar-refractivity contribution is 0.306. The molecule has 0 fully saturated rings. The Morgan fingerprint density at radius 2 is 1.50 bits per heavy atom. The largest absolute Gasteiger partial charge is 0.508 e. The van der Waals surface area contributed by atoms with Crippen LogP contribution in [0.4, 0.5) is 0 Å². The fourth-order valence-electron chi connectivity index (χ4n) is 2.73. The van der Waals surface area contributed by atoms with Crippen LogP contribution in [0.25, 0.3) is 16.9 Å². The average molecular weight is 357 g/mol. The molecule has 0 radical (unpaired) electrons. The van der Waals surface area contributed by atoms with E-state index in [1.807, 2.05) is 0 Å². The molecule has 0 atom stereocenters. The lowest BCUT2D eigenvalue weighted by Gasteiger charge is -2.18. The predicted octanol–water partition coefficient (Wildman–Crippen LogP) is 2.67. The summed E-state index contributed by atoms with van der Waals surface area (Å²) >= 11 is 0. The Balaban J connectivity index is 2.25. The highest BCUT2D eigenvalue weighted by Gasteiger charge is 2.24. The van der Waals surface area contributed by atoms with Crippen LogP contribution < -0.4 is 18.9 Å². The van der Waals surface area contributed by atoms with E-state index in [0.29, 0.717) is 34.3 Å². The van der Waals surface area contributed by atoms with Gasteiger partial charge in [0.25, 0.3) is 0 Å². The fraction of sp³-hybridized carbons (Fsp3) is 0.222. The number of methoxy groups -OCH3 is 4. The van der Waals surface area contributed by atoms with Crippen molar-refractivity contribution in [1.82, 2.24) is 15.0 Å². The molecule has 136 valence electrons. The van der Waals surface area contributed by atoms with Crippen LogP contribution in [0.3, 0.4) is 0 Å². The molecular formula is C18H19N3O5. The smallest absolute Gasteiger partial charge is 0.207 e. The van der Waals surface area contributed by atoms with Crippen molar-refractivity contribution in [3.63, 3.8) is 0 Å². The van der Waals surface area contributed by atoms with Crippen molar-refractivity contribution in [2.45, 2.75) is 0 Å². The van der Waals surface area contributed by atoms with Gasteiger partial charge in [0.05, 0.1) is 51.6 Å². The van der Waals surface area contributed by atoms with Crippen LogP contribution >= 0.6 is 0 Å². The van der Waals surface area contributed by atoms with Gasteiger partial charge in [-0.1, -0.05) is 5.21 Å². The lowest BCUT2D eigenvalue weighted by atomic mass is 10.1. The van der Waals surface area contributed by atoms with E-state index in [1.54, 1.807) is 55.4 Å². The standard InChI is InChI=1S/C18H19N3O5/c1-23-15-9-13(16(24-2)18(26-4)17(15)25-3)14-10-19-20-21(14)11-5-7-12(22)8-6-11/h5-10,22H,1-4H3. The monoisotopic (exact) mass is 357 g/mol. The summed E-state index contributed by atoms with van der Waals surface area (Å²) in [6.07, 6.45) is 1.61. The van der Waals surface area contributed by atoms with Crippen molar-refractivity contribution in [3.05, 3.63) is 36.5 Å². The first kappa shape index (κ1) is 17.4. The maximum Gasteiger partial charge on any atom is 0.207 e. The minimum Gasteiger partial charge on any atom is -0.508 e. The van der Waals surface area contributed by atoms with Gasteiger partial charge in [0.1, 0.15) is 5.75 Å². The zero-order valence-electron chi connectivity index (χ0n) is 14.9. The molecule has 26 heavy (non-hydrogen) atoms. The van der Waals surface area contributed by atoms with Crippen LogP contribution in [-0.2, 0) is 0 Å². The highest BCUT2D eigenvalue weighted by Crippen LogP contribution is 2.50. The normalized spacial score (nSPS) is 10.5. The first-order valence-corrected chi connectivity index (χ1v) is 7.72. The number of aromatic hydroxyl groups is 1. The van der Waals surface area contributed by atoms with Gasteiger partial charge >= 0.3 is 0 Å². The maximum atomic E-state index is 9.50. The van der Waals surface area contributed by atoms with Crippen molar-refractivity contribution in [2.75, 3.05) is 28.4 Å². The van der Waals surface area contributed by atoms with Gasteiger partial charge in [-0.25, -0.2) is 4.68 Å². The lowest BCUT2D eigenvalue weighted by Crippen LogP contribution is -2.03. The highest BCUT2D eigenvalue weighted by atomic mass is 16.5. The molecule has 2 aromatic carbocycles. The van der Waals surface area contributed by atoms with Crippen LogP contribution in [0.1, 0.15) is 0 Å². The summed E-state index contributed by atoms with van der Waals surface area (Å²) in [5, 5.41) is 17.7. The van der Waals surface area contributed by atoms with Crippen LogP contribution in [-0.4, -0.2) is 48.5 Å². The molecule has 1 aromatic heterocycles. The van der Waals surface area contributed by atoms with E-state index in [0.717, 1.165) is 5.69 Å². The van der Waals surface area contributed by atoms with Crippen molar-refractivity contribution in [1.29, 1.82) is 0 Å². The van der Waals surface area contributed by atoms with Gasteiger partial charge in [-0.2, -0.15) is 0 Å². The molecule has 0 saturated carbocycles. The van der Waals surface area contributed by atoms with Gasteiger partial charge < -0.3 is 24.1 Å². The Morgan fingerprint density at radius 1 is 0.846 bits per heavy atom. The number of nitrogens with zero attached hydrogens (tertiary/aromatic N) is 3. The SMILES string of the molecule is COc1cc(-c2cnnn2-c2ccc(O)cc2)c(OC)c(OC)c1OC. The van der Waals surface area contributed by atoms with E-state index in [1.165, 1.54) is 14.2 Å². The quantitative estimate of drug-likeness (QED) is 0.725. The molecular weight excluding hydrogens is 338 g/mol. The van der Waals surface area contributed by atoms with Gasteiger partial charge in [0.15, 0.2) is 11.5 Å². The summed E-state index contributed by atoms with van der Waals surface area (Å²) in [6.45, 7) is 0. The minimum absolute atomic E-state index is 0.167. The summed E-state index contributed by atoms with van der Waals surface area (Å²) in [5.74, 6) is 1.95. The Labute approximate surface area is 150 Å². The summed E-state index contributed by atoms with van der Waals surface area (Å²) in [6, 6.07) is 8.40. The Hall–Kier alpha value is -3.42. The Morgan fingerprint density at radius 3 is 2.08 bits per heavy atom.